The van der Waals surface area contributed by atoms with E-state index in [-0.39, 0.29) is 17.9 Å². The van der Waals surface area contributed by atoms with E-state index in [0.717, 1.165) is 30.3 Å². The van der Waals surface area contributed by atoms with Crippen LogP contribution in [0.25, 0.3) is 0 Å². The van der Waals surface area contributed by atoms with Crippen LogP contribution in [-0.4, -0.2) is 28.9 Å². The SMILES string of the molecule is C=C1NCCCN(Cc2cc(C(F)(F)F)ccc2O)C1=N/C(C)=C\C. The fraction of sp³-hybridized carbons (Fsp3) is 0.389. The van der Waals surface area contributed by atoms with E-state index in [4.69, 9.17) is 0 Å². The molecule has 25 heavy (non-hydrogen) atoms. The first-order chi connectivity index (χ1) is 11.7. The van der Waals surface area contributed by atoms with E-state index < -0.39 is 11.7 Å². The van der Waals surface area contributed by atoms with Gasteiger partial charge in [-0.3, -0.25) is 0 Å². The van der Waals surface area contributed by atoms with Gasteiger partial charge in [0, 0.05) is 30.9 Å². The van der Waals surface area contributed by atoms with Crippen LogP contribution >= 0.6 is 0 Å². The van der Waals surface area contributed by atoms with Crippen molar-refractivity contribution >= 4 is 5.84 Å². The van der Waals surface area contributed by atoms with Gasteiger partial charge in [-0.2, -0.15) is 13.2 Å². The van der Waals surface area contributed by atoms with Gasteiger partial charge >= 0.3 is 6.18 Å². The average molecular weight is 353 g/mol. The standard InChI is InChI=1S/C18H22F3N3O/c1-4-12(2)23-17-13(3)22-8-5-9-24(17)11-14-10-15(18(19,20)21)6-7-16(14)25/h4,6-7,10,22,25H,3,5,8-9,11H2,1-2H3/b12-4-,23-17?. The van der Waals surface area contributed by atoms with E-state index in [2.05, 4.69) is 16.9 Å². The number of rotatable bonds is 3. The number of phenols is 1. The van der Waals surface area contributed by atoms with Gasteiger partial charge in [-0.05, 0) is 38.5 Å². The van der Waals surface area contributed by atoms with Gasteiger partial charge in [0.25, 0.3) is 0 Å². The maximum absolute atomic E-state index is 12.9. The average Bonchev–Trinajstić information content (AvgIpc) is 2.71. The summed E-state index contributed by atoms with van der Waals surface area (Å²) in [6.07, 6.45) is -1.83. The Morgan fingerprint density at radius 1 is 1.44 bits per heavy atom. The number of benzene rings is 1. The molecule has 1 aliphatic rings. The first-order valence-electron chi connectivity index (χ1n) is 8.01. The summed E-state index contributed by atoms with van der Waals surface area (Å²) in [5.74, 6) is 0.405. The first-order valence-corrected chi connectivity index (χ1v) is 8.01. The smallest absolute Gasteiger partial charge is 0.416 e. The molecular formula is C18H22F3N3O. The molecule has 1 saturated heterocycles. The minimum absolute atomic E-state index is 0.117. The maximum Gasteiger partial charge on any atom is 0.416 e. The zero-order chi connectivity index (χ0) is 18.6. The van der Waals surface area contributed by atoms with E-state index in [1.807, 2.05) is 24.8 Å². The number of alkyl halides is 3. The largest absolute Gasteiger partial charge is 0.508 e. The van der Waals surface area contributed by atoms with E-state index in [0.29, 0.717) is 24.6 Å². The van der Waals surface area contributed by atoms with Gasteiger partial charge in [0.05, 0.1) is 11.3 Å². The molecule has 1 heterocycles. The van der Waals surface area contributed by atoms with Crippen LogP contribution in [0.15, 0.2) is 47.2 Å². The summed E-state index contributed by atoms with van der Waals surface area (Å²) in [4.78, 5) is 6.35. The number of nitrogens with one attached hydrogen (secondary N) is 1. The minimum atomic E-state index is -4.45. The lowest BCUT2D eigenvalue weighted by Gasteiger charge is -2.25. The number of phenolic OH excluding ortho intramolecular Hbond substituents is 1. The Kier molecular flexibility index (Phi) is 5.77. The molecule has 0 aliphatic carbocycles. The summed E-state index contributed by atoms with van der Waals surface area (Å²) in [6.45, 7) is 9.07. The second-order valence-corrected chi connectivity index (χ2v) is 5.89. The summed E-state index contributed by atoms with van der Waals surface area (Å²) < 4.78 is 38.8. The highest BCUT2D eigenvalue weighted by Crippen LogP contribution is 2.33. The molecule has 136 valence electrons. The van der Waals surface area contributed by atoms with Crippen molar-refractivity contribution in [1.82, 2.24) is 10.2 Å². The Morgan fingerprint density at radius 3 is 2.80 bits per heavy atom. The second-order valence-electron chi connectivity index (χ2n) is 5.89. The number of hydrogen-bond acceptors (Lipinski definition) is 3. The van der Waals surface area contributed by atoms with E-state index >= 15 is 0 Å². The Morgan fingerprint density at radius 2 is 2.16 bits per heavy atom. The summed E-state index contributed by atoms with van der Waals surface area (Å²) in [5, 5.41) is 13.2. The summed E-state index contributed by atoms with van der Waals surface area (Å²) in [5.41, 5.74) is 0.814. The highest BCUT2D eigenvalue weighted by Gasteiger charge is 2.31. The van der Waals surface area contributed by atoms with Crippen molar-refractivity contribution in [3.8, 4) is 5.75 Å². The Hall–Kier alpha value is -2.44. The van der Waals surface area contributed by atoms with Crippen LogP contribution in [0.1, 0.15) is 31.4 Å². The number of nitrogens with zero attached hydrogens (tertiary/aromatic N) is 2. The Balaban J connectivity index is 2.38. The normalized spacial score (nSPS) is 18.3. The Bertz CT molecular complexity index is 708. The third-order valence-corrected chi connectivity index (χ3v) is 3.98. The molecule has 1 aromatic carbocycles. The lowest BCUT2D eigenvalue weighted by molar-refractivity contribution is -0.137. The van der Waals surface area contributed by atoms with Gasteiger partial charge in [0.1, 0.15) is 5.75 Å². The van der Waals surface area contributed by atoms with Crippen LogP contribution in [0.2, 0.25) is 0 Å². The summed E-state index contributed by atoms with van der Waals surface area (Å²) in [7, 11) is 0. The van der Waals surface area contributed by atoms with Crippen LogP contribution in [0.5, 0.6) is 5.75 Å². The molecule has 0 aromatic heterocycles. The summed E-state index contributed by atoms with van der Waals surface area (Å²) >= 11 is 0. The van der Waals surface area contributed by atoms with Crippen molar-refractivity contribution in [1.29, 1.82) is 0 Å². The monoisotopic (exact) mass is 353 g/mol. The zero-order valence-electron chi connectivity index (χ0n) is 14.3. The third kappa shape index (κ3) is 4.78. The fourth-order valence-corrected chi connectivity index (χ4v) is 2.50. The number of halogens is 3. The van der Waals surface area contributed by atoms with E-state index in [1.165, 1.54) is 0 Å². The quantitative estimate of drug-likeness (QED) is 0.862. The van der Waals surface area contributed by atoms with Crippen LogP contribution in [0.3, 0.4) is 0 Å². The predicted octanol–water partition coefficient (Wildman–Crippen LogP) is 4.04. The molecule has 1 aliphatic heterocycles. The molecule has 0 amide bonds. The molecule has 1 fully saturated rings. The van der Waals surface area contributed by atoms with Crippen molar-refractivity contribution in [3.63, 3.8) is 0 Å². The topological polar surface area (TPSA) is 47.9 Å². The summed E-state index contributed by atoms with van der Waals surface area (Å²) in [6, 6.07) is 2.94. The lowest BCUT2D eigenvalue weighted by atomic mass is 10.1. The molecule has 0 atom stereocenters. The molecule has 7 heteroatoms. The Labute approximate surface area is 145 Å². The van der Waals surface area contributed by atoms with E-state index in [1.54, 1.807) is 0 Å². The minimum Gasteiger partial charge on any atom is -0.508 e. The lowest BCUT2D eigenvalue weighted by Crippen LogP contribution is -2.33. The molecule has 4 nitrogen and oxygen atoms in total. The van der Waals surface area contributed by atoms with Gasteiger partial charge in [-0.15, -0.1) is 0 Å². The second kappa shape index (κ2) is 7.63. The molecule has 0 spiro atoms. The van der Waals surface area contributed by atoms with Gasteiger partial charge in [-0.1, -0.05) is 12.7 Å². The van der Waals surface area contributed by atoms with Crippen LogP contribution in [-0.2, 0) is 12.7 Å². The molecular weight excluding hydrogens is 331 g/mol. The molecule has 1 aromatic rings. The van der Waals surface area contributed by atoms with Crippen molar-refractivity contribution in [2.45, 2.75) is 33.0 Å². The molecule has 2 rings (SSSR count). The molecule has 0 unspecified atom stereocenters. The molecule has 0 bridgehead atoms. The fourth-order valence-electron chi connectivity index (χ4n) is 2.50. The number of aromatic hydroxyl groups is 1. The maximum atomic E-state index is 12.9. The zero-order valence-corrected chi connectivity index (χ0v) is 14.3. The van der Waals surface area contributed by atoms with Crippen LogP contribution < -0.4 is 5.32 Å². The van der Waals surface area contributed by atoms with Crippen molar-refractivity contribution in [2.24, 2.45) is 4.99 Å². The van der Waals surface area contributed by atoms with E-state index in [9.17, 15) is 18.3 Å². The van der Waals surface area contributed by atoms with Crippen molar-refractivity contribution < 1.29 is 18.3 Å². The predicted molar refractivity (Wildman–Crippen MR) is 92.1 cm³/mol. The van der Waals surface area contributed by atoms with Crippen LogP contribution in [0, 0.1) is 0 Å². The molecule has 0 saturated carbocycles. The number of hydrogen-bond donors (Lipinski definition) is 2. The highest BCUT2D eigenvalue weighted by molar-refractivity contribution is 5.98. The first kappa shape index (κ1) is 18.9. The van der Waals surface area contributed by atoms with Crippen LogP contribution in [0.4, 0.5) is 13.2 Å². The highest BCUT2D eigenvalue weighted by atomic mass is 19.4. The van der Waals surface area contributed by atoms with Gasteiger partial charge in [0.15, 0.2) is 5.84 Å². The van der Waals surface area contributed by atoms with Crippen molar-refractivity contribution in [2.75, 3.05) is 13.1 Å². The van der Waals surface area contributed by atoms with Crippen molar-refractivity contribution in [3.05, 3.63) is 53.4 Å². The third-order valence-electron chi connectivity index (χ3n) is 3.98. The van der Waals surface area contributed by atoms with Gasteiger partial charge in [-0.25, -0.2) is 4.99 Å². The van der Waals surface area contributed by atoms with Gasteiger partial charge < -0.3 is 15.3 Å². The number of allylic oxidation sites excluding steroid dienone is 2. The molecule has 0 radical (unpaired) electrons. The number of aliphatic imine (C=N–C) groups is 1. The number of amidine groups is 1. The van der Waals surface area contributed by atoms with Gasteiger partial charge in [0.2, 0.25) is 0 Å². The molecule has 2 N–H and O–H groups in total.